The molecule has 1 aliphatic rings. The molecular formula is C17H36N2O. The van der Waals surface area contributed by atoms with E-state index in [4.69, 9.17) is 10.5 Å². The van der Waals surface area contributed by atoms with Crippen molar-refractivity contribution >= 4 is 0 Å². The molecule has 0 aromatic heterocycles. The van der Waals surface area contributed by atoms with Crippen LogP contribution in [0.3, 0.4) is 0 Å². The molecule has 0 saturated heterocycles. The van der Waals surface area contributed by atoms with E-state index >= 15 is 0 Å². The minimum atomic E-state index is 0.318. The van der Waals surface area contributed by atoms with Crippen LogP contribution in [0.1, 0.15) is 60.3 Å². The van der Waals surface area contributed by atoms with Crippen LogP contribution in [0.4, 0.5) is 0 Å². The van der Waals surface area contributed by atoms with E-state index in [-0.39, 0.29) is 0 Å². The summed E-state index contributed by atoms with van der Waals surface area (Å²) in [4.78, 5) is 2.56. The van der Waals surface area contributed by atoms with Crippen molar-refractivity contribution in [3.05, 3.63) is 0 Å². The molecule has 0 heterocycles. The Morgan fingerprint density at radius 1 is 1.30 bits per heavy atom. The number of hydrogen-bond acceptors (Lipinski definition) is 3. The highest BCUT2D eigenvalue weighted by Crippen LogP contribution is 2.41. The average molecular weight is 284 g/mol. The molecule has 1 rings (SSSR count). The zero-order valence-electron chi connectivity index (χ0n) is 14.5. The van der Waals surface area contributed by atoms with Gasteiger partial charge in [0, 0.05) is 25.2 Å². The van der Waals surface area contributed by atoms with Crippen LogP contribution >= 0.6 is 0 Å². The molecule has 1 fully saturated rings. The number of likely N-dealkylation sites (N-methyl/N-ethyl adjacent to an activating group) is 1. The van der Waals surface area contributed by atoms with Gasteiger partial charge in [-0.2, -0.15) is 0 Å². The van der Waals surface area contributed by atoms with Crippen molar-refractivity contribution in [2.45, 2.75) is 78.4 Å². The molecule has 3 nitrogen and oxygen atoms in total. The molecule has 120 valence electrons. The fraction of sp³-hybridized carbons (Fsp3) is 1.00. The summed E-state index contributed by atoms with van der Waals surface area (Å²) >= 11 is 0. The Bertz CT molecular complexity index is 280. The van der Waals surface area contributed by atoms with Gasteiger partial charge < -0.3 is 10.5 Å². The minimum Gasteiger partial charge on any atom is -0.383 e. The SMILES string of the molecule is CCN(C(C)COC)C1CC(C(C)(C)CC)CCC1N. The molecule has 2 N–H and O–H groups in total. The molecule has 0 radical (unpaired) electrons. The molecule has 0 amide bonds. The molecule has 1 saturated carbocycles. The van der Waals surface area contributed by atoms with E-state index in [0.717, 1.165) is 25.5 Å². The van der Waals surface area contributed by atoms with Gasteiger partial charge in [-0.1, -0.05) is 34.1 Å². The lowest BCUT2D eigenvalue weighted by atomic mass is 9.67. The topological polar surface area (TPSA) is 38.5 Å². The van der Waals surface area contributed by atoms with E-state index in [1.54, 1.807) is 7.11 Å². The van der Waals surface area contributed by atoms with Crippen molar-refractivity contribution in [1.29, 1.82) is 0 Å². The molecule has 20 heavy (non-hydrogen) atoms. The number of methoxy groups -OCH3 is 1. The number of rotatable bonds is 7. The quantitative estimate of drug-likeness (QED) is 0.780. The van der Waals surface area contributed by atoms with Gasteiger partial charge in [0.1, 0.15) is 0 Å². The molecule has 0 aromatic carbocycles. The maximum atomic E-state index is 6.45. The lowest BCUT2D eigenvalue weighted by molar-refractivity contribution is 0.0186. The van der Waals surface area contributed by atoms with Crippen LogP contribution in [0, 0.1) is 11.3 Å². The summed E-state index contributed by atoms with van der Waals surface area (Å²) in [6.45, 7) is 13.5. The smallest absolute Gasteiger partial charge is 0.0615 e. The summed E-state index contributed by atoms with van der Waals surface area (Å²) in [7, 11) is 1.79. The summed E-state index contributed by atoms with van der Waals surface area (Å²) in [5.74, 6) is 0.793. The minimum absolute atomic E-state index is 0.318. The highest BCUT2D eigenvalue weighted by molar-refractivity contribution is 4.94. The third-order valence-corrected chi connectivity index (χ3v) is 5.65. The Labute approximate surface area is 126 Å². The van der Waals surface area contributed by atoms with Crippen molar-refractivity contribution in [3.63, 3.8) is 0 Å². The number of nitrogens with zero attached hydrogens (tertiary/aromatic N) is 1. The molecule has 3 heteroatoms. The molecule has 0 aliphatic heterocycles. The monoisotopic (exact) mass is 284 g/mol. The largest absolute Gasteiger partial charge is 0.383 e. The van der Waals surface area contributed by atoms with Gasteiger partial charge in [0.2, 0.25) is 0 Å². The Balaban J connectivity index is 2.79. The van der Waals surface area contributed by atoms with Gasteiger partial charge in [0.05, 0.1) is 6.61 Å². The third-order valence-electron chi connectivity index (χ3n) is 5.65. The Morgan fingerprint density at radius 3 is 2.45 bits per heavy atom. The molecule has 0 aromatic rings. The normalized spacial score (nSPS) is 29.7. The van der Waals surface area contributed by atoms with E-state index < -0.39 is 0 Å². The summed E-state index contributed by atoms with van der Waals surface area (Å²) in [6, 6.07) is 1.28. The van der Waals surface area contributed by atoms with Crippen LogP contribution in [0.25, 0.3) is 0 Å². The van der Waals surface area contributed by atoms with Crippen molar-refractivity contribution in [2.24, 2.45) is 17.1 Å². The van der Waals surface area contributed by atoms with Crippen LogP contribution in [0.5, 0.6) is 0 Å². The predicted molar refractivity (Wildman–Crippen MR) is 86.9 cm³/mol. The molecule has 4 unspecified atom stereocenters. The highest BCUT2D eigenvalue weighted by Gasteiger charge is 2.38. The van der Waals surface area contributed by atoms with Crippen LogP contribution in [0.2, 0.25) is 0 Å². The van der Waals surface area contributed by atoms with Crippen molar-refractivity contribution in [3.8, 4) is 0 Å². The number of nitrogens with two attached hydrogens (primary N) is 1. The second-order valence-corrected chi connectivity index (χ2v) is 7.22. The molecule has 1 aliphatic carbocycles. The summed E-state index contributed by atoms with van der Waals surface area (Å²) in [5.41, 5.74) is 6.89. The van der Waals surface area contributed by atoms with E-state index in [9.17, 15) is 0 Å². The van der Waals surface area contributed by atoms with Crippen LogP contribution in [-0.2, 0) is 4.74 Å². The zero-order valence-corrected chi connectivity index (χ0v) is 14.5. The average Bonchev–Trinajstić information content (AvgIpc) is 2.41. The van der Waals surface area contributed by atoms with E-state index in [0.29, 0.717) is 23.5 Å². The Hall–Kier alpha value is -0.120. The number of ether oxygens (including phenoxy) is 1. The Morgan fingerprint density at radius 2 is 1.95 bits per heavy atom. The zero-order chi connectivity index (χ0) is 15.3. The van der Waals surface area contributed by atoms with Crippen molar-refractivity contribution < 1.29 is 4.74 Å². The van der Waals surface area contributed by atoms with Crippen molar-refractivity contribution in [1.82, 2.24) is 4.90 Å². The molecular weight excluding hydrogens is 248 g/mol. The molecule has 0 bridgehead atoms. The first kappa shape index (κ1) is 17.9. The van der Waals surface area contributed by atoms with Gasteiger partial charge in [-0.05, 0) is 44.1 Å². The first-order valence-corrected chi connectivity index (χ1v) is 8.37. The maximum absolute atomic E-state index is 6.45. The van der Waals surface area contributed by atoms with Crippen molar-refractivity contribution in [2.75, 3.05) is 20.3 Å². The lowest BCUT2D eigenvalue weighted by Crippen LogP contribution is -2.56. The molecule has 4 atom stereocenters. The highest BCUT2D eigenvalue weighted by atomic mass is 16.5. The predicted octanol–water partition coefficient (Wildman–Crippen LogP) is 3.28. The fourth-order valence-corrected chi connectivity index (χ4v) is 3.76. The van der Waals surface area contributed by atoms with E-state index in [1.165, 1.54) is 19.3 Å². The van der Waals surface area contributed by atoms with Gasteiger partial charge in [-0.25, -0.2) is 0 Å². The van der Waals surface area contributed by atoms with Gasteiger partial charge in [0.25, 0.3) is 0 Å². The second-order valence-electron chi connectivity index (χ2n) is 7.22. The first-order chi connectivity index (χ1) is 9.37. The van der Waals surface area contributed by atoms with E-state index in [1.807, 2.05) is 0 Å². The van der Waals surface area contributed by atoms with E-state index in [2.05, 4.69) is 39.5 Å². The summed E-state index contributed by atoms with van der Waals surface area (Å²) in [6.07, 6.45) is 4.94. The number of hydrogen-bond donors (Lipinski definition) is 1. The molecule has 0 spiro atoms. The summed E-state index contributed by atoms with van der Waals surface area (Å²) in [5, 5.41) is 0. The third kappa shape index (κ3) is 4.19. The maximum Gasteiger partial charge on any atom is 0.0615 e. The van der Waals surface area contributed by atoms with Gasteiger partial charge in [-0.3, -0.25) is 4.90 Å². The fourth-order valence-electron chi connectivity index (χ4n) is 3.76. The Kier molecular flexibility index (Phi) is 6.96. The summed E-state index contributed by atoms with van der Waals surface area (Å²) < 4.78 is 5.35. The standard InChI is InChI=1S/C17H36N2O/c1-7-17(4,5)14-9-10-15(18)16(11-14)19(8-2)13(3)12-20-6/h13-16H,7-12,18H2,1-6H3. The van der Waals surface area contributed by atoms with Gasteiger partial charge >= 0.3 is 0 Å². The van der Waals surface area contributed by atoms with Crippen LogP contribution in [-0.4, -0.2) is 43.3 Å². The van der Waals surface area contributed by atoms with Gasteiger partial charge in [-0.15, -0.1) is 0 Å². The van der Waals surface area contributed by atoms with Crippen LogP contribution < -0.4 is 5.73 Å². The second kappa shape index (κ2) is 7.77. The first-order valence-electron chi connectivity index (χ1n) is 8.37. The van der Waals surface area contributed by atoms with Crippen LogP contribution in [0.15, 0.2) is 0 Å². The van der Waals surface area contributed by atoms with Gasteiger partial charge in [0.15, 0.2) is 0 Å². The lowest BCUT2D eigenvalue weighted by Gasteiger charge is -2.47.